The number of rotatable bonds is 4. The van der Waals surface area contributed by atoms with Crippen molar-refractivity contribution in [1.29, 1.82) is 0 Å². The van der Waals surface area contributed by atoms with Gasteiger partial charge in [-0.25, -0.2) is 0 Å². The lowest BCUT2D eigenvalue weighted by Crippen LogP contribution is -2.30. The average Bonchev–Trinajstić information content (AvgIpc) is 3.19. The van der Waals surface area contributed by atoms with Crippen molar-refractivity contribution in [3.05, 3.63) is 34.0 Å². The van der Waals surface area contributed by atoms with Gasteiger partial charge in [0.15, 0.2) is 0 Å². The molecule has 1 atom stereocenters. The van der Waals surface area contributed by atoms with Crippen molar-refractivity contribution in [1.82, 2.24) is 20.1 Å². The van der Waals surface area contributed by atoms with E-state index < -0.39 is 0 Å². The Morgan fingerprint density at radius 2 is 2.50 bits per heavy atom. The zero-order chi connectivity index (χ0) is 13.9. The zero-order valence-electron chi connectivity index (χ0n) is 11.0. The normalized spacial score (nSPS) is 18.6. The number of aliphatic hydroxyl groups excluding tert-OH is 1. The second-order valence-electron chi connectivity index (χ2n) is 4.81. The molecule has 106 valence electrons. The molecule has 2 aromatic rings. The Labute approximate surface area is 120 Å². The van der Waals surface area contributed by atoms with E-state index in [0.29, 0.717) is 11.3 Å². The maximum atomic E-state index is 12.4. The molecule has 0 unspecified atom stereocenters. The van der Waals surface area contributed by atoms with Crippen LogP contribution in [0.3, 0.4) is 0 Å². The first kappa shape index (κ1) is 13.3. The van der Waals surface area contributed by atoms with E-state index >= 15 is 0 Å². The van der Waals surface area contributed by atoms with E-state index in [9.17, 15) is 4.79 Å². The van der Waals surface area contributed by atoms with Crippen LogP contribution in [0.15, 0.2) is 17.8 Å². The van der Waals surface area contributed by atoms with Gasteiger partial charge in [-0.15, -0.1) is 11.3 Å². The monoisotopic (exact) mass is 292 g/mol. The molecule has 0 aliphatic carbocycles. The minimum Gasteiger partial charge on any atom is -0.396 e. The first-order valence-corrected chi connectivity index (χ1v) is 7.52. The number of carbonyl (C=O) groups is 1. The predicted octanol–water partition coefficient (Wildman–Crippen LogP) is 1.38. The number of nitrogens with one attached hydrogen (secondary N) is 1. The molecule has 1 amide bonds. The van der Waals surface area contributed by atoms with Crippen molar-refractivity contribution < 1.29 is 9.90 Å². The average molecular weight is 292 g/mol. The van der Waals surface area contributed by atoms with Gasteiger partial charge < -0.3 is 10.0 Å². The van der Waals surface area contributed by atoms with Gasteiger partial charge in [-0.3, -0.25) is 14.9 Å². The van der Waals surface area contributed by atoms with Gasteiger partial charge in [-0.05, 0) is 18.9 Å². The summed E-state index contributed by atoms with van der Waals surface area (Å²) in [5.41, 5.74) is 3.45. The van der Waals surface area contributed by atoms with Crippen LogP contribution >= 0.6 is 11.3 Å². The van der Waals surface area contributed by atoms with Crippen molar-refractivity contribution in [3.63, 3.8) is 0 Å². The van der Waals surface area contributed by atoms with Crippen molar-refractivity contribution in [2.75, 3.05) is 13.2 Å². The molecule has 1 aliphatic heterocycles. The van der Waals surface area contributed by atoms with Gasteiger partial charge in [-0.2, -0.15) is 5.10 Å². The number of H-pyrrole nitrogens is 1. The van der Waals surface area contributed by atoms with E-state index in [1.165, 1.54) is 11.3 Å². The third kappa shape index (κ3) is 2.46. The summed E-state index contributed by atoms with van der Waals surface area (Å²) in [4.78, 5) is 18.9. The minimum atomic E-state index is 0.0216. The van der Waals surface area contributed by atoms with E-state index in [4.69, 9.17) is 5.11 Å². The Kier molecular flexibility index (Phi) is 3.79. The molecule has 1 saturated heterocycles. The fraction of sp³-hybridized carbons (Fsp3) is 0.462. The molecule has 3 heterocycles. The van der Waals surface area contributed by atoms with Crippen LogP contribution in [0.5, 0.6) is 0 Å². The van der Waals surface area contributed by atoms with Gasteiger partial charge in [0.25, 0.3) is 5.91 Å². The molecule has 0 saturated carbocycles. The number of hydrogen-bond donors (Lipinski definition) is 2. The predicted molar refractivity (Wildman–Crippen MR) is 74.5 cm³/mol. The standard InChI is InChI=1S/C13H16N4O2S/c18-5-3-9-6-10(16-15-9)11-2-1-4-17(11)13(19)12-7-14-8-20-12/h6-8,11,18H,1-5H2,(H,15,16)/t11-/m1/s1. The number of aromatic amines is 1. The van der Waals surface area contributed by atoms with E-state index in [-0.39, 0.29) is 18.6 Å². The smallest absolute Gasteiger partial charge is 0.266 e. The number of carbonyl (C=O) groups excluding carboxylic acids is 1. The van der Waals surface area contributed by atoms with Gasteiger partial charge in [0.1, 0.15) is 4.88 Å². The van der Waals surface area contributed by atoms with E-state index in [2.05, 4.69) is 15.2 Å². The fourth-order valence-electron chi connectivity index (χ4n) is 2.58. The zero-order valence-corrected chi connectivity index (χ0v) is 11.8. The lowest BCUT2D eigenvalue weighted by atomic mass is 10.1. The molecule has 0 radical (unpaired) electrons. The molecular weight excluding hydrogens is 276 g/mol. The first-order chi connectivity index (χ1) is 9.79. The Balaban J connectivity index is 1.79. The van der Waals surface area contributed by atoms with Crippen LogP contribution in [0, 0.1) is 0 Å². The van der Waals surface area contributed by atoms with Crippen molar-refractivity contribution in [2.24, 2.45) is 0 Å². The van der Waals surface area contributed by atoms with Crippen LogP contribution < -0.4 is 0 Å². The van der Waals surface area contributed by atoms with Crippen LogP contribution in [0.1, 0.15) is 39.9 Å². The highest BCUT2D eigenvalue weighted by atomic mass is 32.1. The quantitative estimate of drug-likeness (QED) is 0.892. The Bertz CT molecular complexity index is 581. The summed E-state index contributed by atoms with van der Waals surface area (Å²) < 4.78 is 0. The third-order valence-corrected chi connectivity index (χ3v) is 4.29. The molecule has 1 fully saturated rings. The molecule has 2 N–H and O–H groups in total. The lowest BCUT2D eigenvalue weighted by molar-refractivity contribution is 0.0737. The molecule has 6 nitrogen and oxygen atoms in total. The van der Waals surface area contributed by atoms with Gasteiger partial charge in [0, 0.05) is 25.3 Å². The molecule has 1 aliphatic rings. The molecule has 0 spiro atoms. The summed E-state index contributed by atoms with van der Waals surface area (Å²) in [6.07, 6.45) is 4.08. The van der Waals surface area contributed by atoms with Gasteiger partial charge in [0.2, 0.25) is 0 Å². The maximum Gasteiger partial charge on any atom is 0.266 e. The summed E-state index contributed by atoms with van der Waals surface area (Å²) >= 11 is 1.36. The van der Waals surface area contributed by atoms with Crippen molar-refractivity contribution in [2.45, 2.75) is 25.3 Å². The second kappa shape index (κ2) is 5.72. The van der Waals surface area contributed by atoms with Crippen molar-refractivity contribution >= 4 is 17.2 Å². The maximum absolute atomic E-state index is 12.4. The Hall–Kier alpha value is -1.73. The number of amides is 1. The number of nitrogens with zero attached hydrogens (tertiary/aromatic N) is 3. The number of hydrogen-bond acceptors (Lipinski definition) is 5. The van der Waals surface area contributed by atoms with Gasteiger partial charge in [-0.1, -0.05) is 0 Å². The Morgan fingerprint density at radius 3 is 3.25 bits per heavy atom. The number of thiazole rings is 1. The fourth-order valence-corrected chi connectivity index (χ4v) is 3.15. The number of aromatic nitrogens is 3. The largest absolute Gasteiger partial charge is 0.396 e. The lowest BCUT2D eigenvalue weighted by Gasteiger charge is -2.22. The molecule has 0 aromatic carbocycles. The van der Waals surface area contributed by atoms with Crippen LogP contribution in [-0.2, 0) is 6.42 Å². The number of aliphatic hydroxyl groups is 1. The molecular formula is C13H16N4O2S. The molecule has 7 heteroatoms. The molecule has 20 heavy (non-hydrogen) atoms. The van der Waals surface area contributed by atoms with Crippen LogP contribution in [-0.4, -0.2) is 44.2 Å². The highest BCUT2D eigenvalue weighted by Crippen LogP contribution is 2.32. The second-order valence-corrected chi connectivity index (χ2v) is 5.70. The van der Waals surface area contributed by atoms with Gasteiger partial charge >= 0.3 is 0 Å². The molecule has 0 bridgehead atoms. The summed E-state index contributed by atoms with van der Waals surface area (Å²) in [5.74, 6) is 0.0294. The highest BCUT2D eigenvalue weighted by molar-refractivity contribution is 7.11. The summed E-state index contributed by atoms with van der Waals surface area (Å²) in [5, 5.41) is 16.2. The Morgan fingerprint density at radius 1 is 1.60 bits per heavy atom. The minimum absolute atomic E-state index is 0.0216. The summed E-state index contributed by atoms with van der Waals surface area (Å²) in [7, 11) is 0. The SMILES string of the molecule is O=C(c1cncs1)N1CCC[C@@H]1c1cc(CCO)[nH]n1. The van der Waals surface area contributed by atoms with E-state index in [0.717, 1.165) is 30.8 Å². The van der Waals surface area contributed by atoms with Gasteiger partial charge in [0.05, 0.1) is 23.4 Å². The first-order valence-electron chi connectivity index (χ1n) is 6.64. The third-order valence-electron chi connectivity index (χ3n) is 3.53. The van der Waals surface area contributed by atoms with E-state index in [1.807, 2.05) is 11.0 Å². The van der Waals surface area contributed by atoms with E-state index in [1.54, 1.807) is 11.7 Å². The summed E-state index contributed by atoms with van der Waals surface area (Å²) in [6.45, 7) is 0.847. The molecule has 2 aromatic heterocycles. The van der Waals surface area contributed by atoms with Crippen LogP contribution in [0.2, 0.25) is 0 Å². The van der Waals surface area contributed by atoms with Crippen molar-refractivity contribution in [3.8, 4) is 0 Å². The van der Waals surface area contributed by atoms with Crippen LogP contribution in [0.4, 0.5) is 0 Å². The summed E-state index contributed by atoms with van der Waals surface area (Å²) in [6, 6.07) is 1.97. The molecule has 3 rings (SSSR count). The van der Waals surface area contributed by atoms with Crippen LogP contribution in [0.25, 0.3) is 0 Å². The topological polar surface area (TPSA) is 82.1 Å². The number of likely N-dealkylation sites (tertiary alicyclic amines) is 1. The highest BCUT2D eigenvalue weighted by Gasteiger charge is 2.32.